The second-order valence-corrected chi connectivity index (χ2v) is 4.65. The molecule has 1 amide bonds. The molecule has 0 aliphatic carbocycles. The first-order valence-corrected chi connectivity index (χ1v) is 6.17. The second-order valence-electron chi connectivity index (χ2n) is 4.65. The van der Waals surface area contributed by atoms with E-state index in [9.17, 15) is 4.79 Å². The van der Waals surface area contributed by atoms with E-state index in [1.807, 2.05) is 44.2 Å². The van der Waals surface area contributed by atoms with Crippen molar-refractivity contribution in [3.63, 3.8) is 0 Å². The Morgan fingerprint density at radius 3 is 2.35 bits per heavy atom. The minimum absolute atomic E-state index is 0.0495. The van der Waals surface area contributed by atoms with Gasteiger partial charge in [-0.15, -0.1) is 0 Å². The van der Waals surface area contributed by atoms with Gasteiger partial charge in [-0.05, 0) is 17.9 Å². The first kappa shape index (κ1) is 13.7. The topological polar surface area (TPSA) is 55.1 Å². The summed E-state index contributed by atoms with van der Waals surface area (Å²) in [7, 11) is 0. The Balaban J connectivity index is 2.68. The van der Waals surface area contributed by atoms with Crippen LogP contribution in [0.2, 0.25) is 0 Å². The molecule has 0 spiro atoms. The quantitative estimate of drug-likeness (QED) is 0.821. The van der Waals surface area contributed by atoms with Gasteiger partial charge in [-0.2, -0.15) is 0 Å². The van der Waals surface area contributed by atoms with E-state index in [4.69, 9.17) is 5.73 Å². The largest absolute Gasteiger partial charge is 0.348 e. The highest BCUT2D eigenvalue weighted by Gasteiger charge is 2.20. The number of hydrogen-bond donors (Lipinski definition) is 2. The van der Waals surface area contributed by atoms with Crippen molar-refractivity contribution in [2.24, 2.45) is 11.7 Å². The van der Waals surface area contributed by atoms with Crippen LogP contribution in [0.3, 0.4) is 0 Å². The Labute approximate surface area is 103 Å². The summed E-state index contributed by atoms with van der Waals surface area (Å²) < 4.78 is 0. The summed E-state index contributed by atoms with van der Waals surface area (Å²) in [6.45, 7) is 5.96. The van der Waals surface area contributed by atoms with Crippen molar-refractivity contribution in [1.29, 1.82) is 0 Å². The zero-order valence-electron chi connectivity index (χ0n) is 10.8. The van der Waals surface area contributed by atoms with Crippen molar-refractivity contribution >= 4 is 5.91 Å². The highest BCUT2D eigenvalue weighted by molar-refractivity contribution is 5.82. The number of nitrogens with one attached hydrogen (secondary N) is 1. The highest BCUT2D eigenvalue weighted by atomic mass is 16.2. The zero-order chi connectivity index (χ0) is 12.8. The molecule has 17 heavy (non-hydrogen) atoms. The van der Waals surface area contributed by atoms with Crippen LogP contribution >= 0.6 is 0 Å². The van der Waals surface area contributed by atoms with E-state index < -0.39 is 6.04 Å². The molecule has 0 saturated carbocycles. The average Bonchev–Trinajstić information content (AvgIpc) is 2.35. The second kappa shape index (κ2) is 6.40. The van der Waals surface area contributed by atoms with E-state index in [0.29, 0.717) is 0 Å². The van der Waals surface area contributed by atoms with Crippen LogP contribution in [-0.4, -0.2) is 11.9 Å². The standard InChI is InChI=1S/C14H22N2O/c1-4-12(11-8-6-5-7-9-11)16-14(17)13(15)10(2)3/h5-10,12-13H,4,15H2,1-3H3,(H,16,17)/t12-,13-/m0/s1. The maximum Gasteiger partial charge on any atom is 0.237 e. The van der Waals surface area contributed by atoms with Crippen LogP contribution in [0, 0.1) is 5.92 Å². The van der Waals surface area contributed by atoms with Gasteiger partial charge < -0.3 is 11.1 Å². The van der Waals surface area contributed by atoms with Crippen LogP contribution in [0.15, 0.2) is 30.3 Å². The fourth-order valence-corrected chi connectivity index (χ4v) is 1.68. The number of amides is 1. The third-order valence-electron chi connectivity index (χ3n) is 2.95. The van der Waals surface area contributed by atoms with Crippen molar-refractivity contribution in [1.82, 2.24) is 5.32 Å². The summed E-state index contributed by atoms with van der Waals surface area (Å²) in [5, 5.41) is 3.00. The van der Waals surface area contributed by atoms with Gasteiger partial charge in [0, 0.05) is 0 Å². The summed E-state index contributed by atoms with van der Waals surface area (Å²) >= 11 is 0. The predicted molar refractivity (Wildman–Crippen MR) is 70.4 cm³/mol. The van der Waals surface area contributed by atoms with E-state index in [2.05, 4.69) is 12.2 Å². The zero-order valence-corrected chi connectivity index (χ0v) is 10.8. The van der Waals surface area contributed by atoms with Gasteiger partial charge in [0.05, 0.1) is 12.1 Å². The third-order valence-corrected chi connectivity index (χ3v) is 2.95. The molecule has 0 aromatic heterocycles. The lowest BCUT2D eigenvalue weighted by Crippen LogP contribution is -2.45. The Morgan fingerprint density at radius 1 is 1.29 bits per heavy atom. The fraction of sp³-hybridized carbons (Fsp3) is 0.500. The lowest BCUT2D eigenvalue weighted by atomic mass is 10.0. The van der Waals surface area contributed by atoms with E-state index in [1.54, 1.807) is 0 Å². The third kappa shape index (κ3) is 3.86. The molecule has 94 valence electrons. The minimum atomic E-state index is -0.437. The van der Waals surface area contributed by atoms with Gasteiger partial charge in [0.15, 0.2) is 0 Å². The molecule has 0 bridgehead atoms. The van der Waals surface area contributed by atoms with Crippen molar-refractivity contribution in [2.75, 3.05) is 0 Å². The number of hydrogen-bond acceptors (Lipinski definition) is 2. The molecule has 0 saturated heterocycles. The van der Waals surface area contributed by atoms with Crippen LogP contribution in [-0.2, 0) is 4.79 Å². The normalized spacial score (nSPS) is 14.4. The number of benzene rings is 1. The molecule has 3 heteroatoms. The maximum atomic E-state index is 11.9. The SMILES string of the molecule is CC[C@H](NC(=O)[C@@H](N)C(C)C)c1ccccc1. The maximum absolute atomic E-state index is 11.9. The van der Waals surface area contributed by atoms with Crippen molar-refractivity contribution in [3.8, 4) is 0 Å². The van der Waals surface area contributed by atoms with E-state index in [-0.39, 0.29) is 17.9 Å². The van der Waals surface area contributed by atoms with Gasteiger partial charge in [0.2, 0.25) is 5.91 Å². The highest BCUT2D eigenvalue weighted by Crippen LogP contribution is 2.16. The van der Waals surface area contributed by atoms with Crippen LogP contribution < -0.4 is 11.1 Å². The predicted octanol–water partition coefficient (Wildman–Crippen LogP) is 2.24. The van der Waals surface area contributed by atoms with E-state index in [0.717, 1.165) is 12.0 Å². The smallest absolute Gasteiger partial charge is 0.237 e. The first-order chi connectivity index (χ1) is 8.06. The van der Waals surface area contributed by atoms with Gasteiger partial charge in [-0.1, -0.05) is 51.1 Å². The number of rotatable bonds is 5. The monoisotopic (exact) mass is 234 g/mol. The molecule has 2 atom stereocenters. The van der Waals surface area contributed by atoms with Crippen molar-refractivity contribution < 1.29 is 4.79 Å². The Bertz CT molecular complexity index is 348. The molecule has 3 N–H and O–H groups in total. The molecular formula is C14H22N2O. The van der Waals surface area contributed by atoms with Gasteiger partial charge >= 0.3 is 0 Å². The molecule has 0 fully saturated rings. The molecule has 0 aliphatic heterocycles. The van der Waals surface area contributed by atoms with Crippen LogP contribution in [0.4, 0.5) is 0 Å². The summed E-state index contributed by atoms with van der Waals surface area (Å²) in [6.07, 6.45) is 0.862. The van der Waals surface area contributed by atoms with E-state index in [1.165, 1.54) is 0 Å². The van der Waals surface area contributed by atoms with Crippen molar-refractivity contribution in [3.05, 3.63) is 35.9 Å². The summed E-state index contributed by atoms with van der Waals surface area (Å²) in [6, 6.07) is 9.59. The molecule has 0 unspecified atom stereocenters. The minimum Gasteiger partial charge on any atom is -0.348 e. The Kier molecular flexibility index (Phi) is 5.16. The lowest BCUT2D eigenvalue weighted by Gasteiger charge is -2.21. The van der Waals surface area contributed by atoms with Gasteiger partial charge in [-0.25, -0.2) is 0 Å². The molecule has 0 heterocycles. The molecule has 1 aromatic carbocycles. The first-order valence-electron chi connectivity index (χ1n) is 6.17. The molecule has 1 aromatic rings. The van der Waals surface area contributed by atoms with Crippen LogP contribution in [0.5, 0.6) is 0 Å². The molecule has 1 rings (SSSR count). The van der Waals surface area contributed by atoms with Crippen LogP contribution in [0.1, 0.15) is 38.8 Å². The average molecular weight is 234 g/mol. The molecule has 3 nitrogen and oxygen atoms in total. The van der Waals surface area contributed by atoms with Gasteiger partial charge in [0.1, 0.15) is 0 Å². The fourth-order valence-electron chi connectivity index (χ4n) is 1.68. The molecule has 0 radical (unpaired) electrons. The van der Waals surface area contributed by atoms with Gasteiger partial charge in [0.25, 0.3) is 0 Å². The van der Waals surface area contributed by atoms with Gasteiger partial charge in [-0.3, -0.25) is 4.79 Å². The molecular weight excluding hydrogens is 212 g/mol. The number of carbonyl (C=O) groups excluding carboxylic acids is 1. The molecule has 0 aliphatic rings. The Morgan fingerprint density at radius 2 is 1.88 bits per heavy atom. The lowest BCUT2D eigenvalue weighted by molar-refractivity contribution is -0.124. The van der Waals surface area contributed by atoms with E-state index >= 15 is 0 Å². The number of carbonyl (C=O) groups is 1. The summed E-state index contributed by atoms with van der Waals surface area (Å²) in [5.74, 6) is 0.0824. The Hall–Kier alpha value is -1.35. The summed E-state index contributed by atoms with van der Waals surface area (Å²) in [5.41, 5.74) is 6.95. The summed E-state index contributed by atoms with van der Waals surface area (Å²) in [4.78, 5) is 11.9. The van der Waals surface area contributed by atoms with Crippen LogP contribution in [0.25, 0.3) is 0 Å². The van der Waals surface area contributed by atoms with Crippen molar-refractivity contribution in [2.45, 2.75) is 39.3 Å². The number of nitrogens with two attached hydrogens (primary N) is 1.